The highest BCUT2D eigenvalue weighted by Crippen LogP contribution is 2.30. The van der Waals surface area contributed by atoms with Crippen molar-refractivity contribution in [2.45, 2.75) is 5.60 Å². The number of rotatable bonds is 3. The Labute approximate surface area is 84.6 Å². The van der Waals surface area contributed by atoms with Crippen molar-refractivity contribution in [3.05, 3.63) is 48.3 Å². The highest BCUT2D eigenvalue weighted by atomic mass is 16.4. The van der Waals surface area contributed by atoms with Crippen molar-refractivity contribution in [2.75, 3.05) is 0 Å². The van der Waals surface area contributed by atoms with Crippen molar-refractivity contribution in [1.82, 2.24) is 0 Å². The molecule has 0 aliphatic rings. The Morgan fingerprint density at radius 1 is 1.13 bits per heavy atom. The zero-order chi connectivity index (χ0) is 10.9. The zero-order valence-corrected chi connectivity index (χ0v) is 7.58. The summed E-state index contributed by atoms with van der Waals surface area (Å²) in [6.45, 7) is 0. The Hall–Kier alpha value is -2.01. The minimum Gasteiger partial charge on any atom is -0.478 e. The van der Waals surface area contributed by atoms with Crippen molar-refractivity contribution >= 4 is 5.97 Å². The number of aliphatic carboxylic acids is 1. The minimum absolute atomic E-state index is 0.0926. The summed E-state index contributed by atoms with van der Waals surface area (Å²) in [5.74, 6) is -1.64. The van der Waals surface area contributed by atoms with Crippen LogP contribution in [0.3, 0.4) is 0 Å². The van der Waals surface area contributed by atoms with E-state index in [2.05, 4.69) is 0 Å². The van der Waals surface area contributed by atoms with E-state index in [-0.39, 0.29) is 11.5 Å². The van der Waals surface area contributed by atoms with Gasteiger partial charge in [0, 0.05) is 0 Å². The third-order valence-electron chi connectivity index (χ3n) is 2.07. The SMILES string of the molecule is O=C(O)C(O)(c1ccco1)c1ccco1. The second-order valence-electron chi connectivity index (χ2n) is 2.97. The molecule has 0 bridgehead atoms. The van der Waals surface area contributed by atoms with Crippen molar-refractivity contribution in [1.29, 1.82) is 0 Å². The molecule has 0 saturated heterocycles. The largest absolute Gasteiger partial charge is 0.478 e. The van der Waals surface area contributed by atoms with Crippen molar-refractivity contribution < 1.29 is 23.8 Å². The molecule has 0 unspecified atom stereocenters. The maximum Gasteiger partial charge on any atom is 0.352 e. The third kappa shape index (κ3) is 1.33. The van der Waals surface area contributed by atoms with Crippen LogP contribution >= 0.6 is 0 Å². The Bertz CT molecular complexity index is 406. The first kappa shape index (κ1) is 9.54. The van der Waals surface area contributed by atoms with E-state index < -0.39 is 11.6 Å². The first-order valence-corrected chi connectivity index (χ1v) is 4.19. The molecule has 2 aromatic rings. The molecule has 0 fully saturated rings. The number of furan rings is 2. The topological polar surface area (TPSA) is 83.8 Å². The summed E-state index contributed by atoms with van der Waals surface area (Å²) in [7, 11) is 0. The summed E-state index contributed by atoms with van der Waals surface area (Å²) in [5.41, 5.74) is -2.27. The fourth-order valence-corrected chi connectivity index (χ4v) is 1.30. The van der Waals surface area contributed by atoms with E-state index in [0.717, 1.165) is 0 Å². The van der Waals surface area contributed by atoms with Gasteiger partial charge in [0.25, 0.3) is 5.60 Å². The Balaban J connectivity index is 2.56. The van der Waals surface area contributed by atoms with Gasteiger partial charge in [0.15, 0.2) is 11.5 Å². The third-order valence-corrected chi connectivity index (χ3v) is 2.07. The number of carbonyl (C=O) groups is 1. The minimum atomic E-state index is -2.27. The summed E-state index contributed by atoms with van der Waals surface area (Å²) in [6.07, 6.45) is 2.57. The number of carboxylic acid groups (broad SMARTS) is 1. The van der Waals surface area contributed by atoms with Crippen LogP contribution in [-0.4, -0.2) is 16.2 Å². The Morgan fingerprint density at radius 2 is 1.60 bits per heavy atom. The van der Waals surface area contributed by atoms with Crippen molar-refractivity contribution in [2.24, 2.45) is 0 Å². The number of carboxylic acids is 1. The molecule has 5 heteroatoms. The molecule has 5 nitrogen and oxygen atoms in total. The van der Waals surface area contributed by atoms with E-state index >= 15 is 0 Å². The Kier molecular flexibility index (Phi) is 2.09. The maximum atomic E-state index is 11.0. The van der Waals surface area contributed by atoms with E-state index in [1.54, 1.807) is 0 Å². The van der Waals surface area contributed by atoms with Gasteiger partial charge < -0.3 is 19.0 Å². The molecule has 0 atom stereocenters. The molecule has 2 rings (SSSR count). The fraction of sp³-hybridized carbons (Fsp3) is 0.100. The van der Waals surface area contributed by atoms with Crippen LogP contribution in [0.5, 0.6) is 0 Å². The van der Waals surface area contributed by atoms with Crippen LogP contribution in [0.25, 0.3) is 0 Å². The molecule has 2 N–H and O–H groups in total. The average Bonchev–Trinajstić information content (AvgIpc) is 2.89. The van der Waals surface area contributed by atoms with Crippen LogP contribution in [0.4, 0.5) is 0 Å². The predicted molar refractivity (Wildman–Crippen MR) is 48.1 cm³/mol. The molecule has 0 aliphatic heterocycles. The van der Waals surface area contributed by atoms with Crippen LogP contribution in [0.1, 0.15) is 11.5 Å². The monoisotopic (exact) mass is 208 g/mol. The van der Waals surface area contributed by atoms with E-state index in [1.165, 1.54) is 36.8 Å². The number of aliphatic hydroxyl groups is 1. The summed E-state index contributed by atoms with van der Waals surface area (Å²) in [5, 5.41) is 19.0. The molecule has 78 valence electrons. The van der Waals surface area contributed by atoms with Crippen LogP contribution in [0.2, 0.25) is 0 Å². The van der Waals surface area contributed by atoms with E-state index in [4.69, 9.17) is 13.9 Å². The van der Waals surface area contributed by atoms with E-state index in [9.17, 15) is 9.90 Å². The van der Waals surface area contributed by atoms with Crippen LogP contribution in [-0.2, 0) is 10.4 Å². The highest BCUT2D eigenvalue weighted by molar-refractivity contribution is 5.81. The van der Waals surface area contributed by atoms with Gasteiger partial charge >= 0.3 is 5.97 Å². The predicted octanol–water partition coefficient (Wildman–Crippen LogP) is 1.19. The molecular formula is C10H8O5. The molecule has 2 heterocycles. The molecule has 0 spiro atoms. The Morgan fingerprint density at radius 3 is 1.87 bits per heavy atom. The summed E-state index contributed by atoms with van der Waals surface area (Å²) < 4.78 is 9.79. The van der Waals surface area contributed by atoms with Crippen molar-refractivity contribution in [3.8, 4) is 0 Å². The number of hydrogen-bond donors (Lipinski definition) is 2. The van der Waals surface area contributed by atoms with Gasteiger partial charge in [-0.05, 0) is 24.3 Å². The van der Waals surface area contributed by atoms with Gasteiger partial charge in [-0.1, -0.05) is 0 Å². The lowest BCUT2D eigenvalue weighted by molar-refractivity contribution is -0.158. The summed E-state index contributed by atoms with van der Waals surface area (Å²) in [6, 6.07) is 5.73. The van der Waals surface area contributed by atoms with Gasteiger partial charge in [-0.25, -0.2) is 4.79 Å². The number of hydrogen-bond acceptors (Lipinski definition) is 4. The van der Waals surface area contributed by atoms with Gasteiger partial charge in [0.1, 0.15) is 0 Å². The van der Waals surface area contributed by atoms with Crippen molar-refractivity contribution in [3.63, 3.8) is 0 Å². The fourth-order valence-electron chi connectivity index (χ4n) is 1.30. The first-order valence-electron chi connectivity index (χ1n) is 4.19. The van der Waals surface area contributed by atoms with E-state index in [1.807, 2.05) is 0 Å². The maximum absolute atomic E-state index is 11.0. The molecule has 0 radical (unpaired) electrons. The van der Waals surface area contributed by atoms with Crippen LogP contribution in [0.15, 0.2) is 45.6 Å². The lowest BCUT2D eigenvalue weighted by Crippen LogP contribution is -2.35. The normalized spacial score (nSPS) is 11.5. The summed E-state index contributed by atoms with van der Waals surface area (Å²) in [4.78, 5) is 11.0. The second kappa shape index (κ2) is 3.29. The molecular weight excluding hydrogens is 200 g/mol. The van der Waals surface area contributed by atoms with Crippen LogP contribution < -0.4 is 0 Å². The van der Waals surface area contributed by atoms with Gasteiger partial charge in [-0.2, -0.15) is 0 Å². The van der Waals surface area contributed by atoms with E-state index in [0.29, 0.717) is 0 Å². The quantitative estimate of drug-likeness (QED) is 0.791. The van der Waals surface area contributed by atoms with Gasteiger partial charge in [-0.3, -0.25) is 0 Å². The molecule has 0 aromatic carbocycles. The second-order valence-corrected chi connectivity index (χ2v) is 2.97. The molecule has 15 heavy (non-hydrogen) atoms. The highest BCUT2D eigenvalue weighted by Gasteiger charge is 2.45. The summed E-state index contributed by atoms with van der Waals surface area (Å²) >= 11 is 0. The average molecular weight is 208 g/mol. The van der Waals surface area contributed by atoms with Crippen LogP contribution in [0, 0.1) is 0 Å². The molecule has 0 amide bonds. The smallest absolute Gasteiger partial charge is 0.352 e. The molecule has 0 saturated carbocycles. The lowest BCUT2D eigenvalue weighted by Gasteiger charge is -2.17. The lowest BCUT2D eigenvalue weighted by atomic mass is 9.98. The van der Waals surface area contributed by atoms with Gasteiger partial charge in [0.05, 0.1) is 12.5 Å². The van der Waals surface area contributed by atoms with Gasteiger partial charge in [-0.15, -0.1) is 0 Å². The molecule has 0 aliphatic carbocycles. The standard InChI is InChI=1S/C10H8O5/c11-9(12)10(13,7-3-1-5-14-7)8-4-2-6-15-8/h1-6,13H,(H,11,12). The molecule has 2 aromatic heterocycles. The first-order chi connectivity index (χ1) is 7.15. The zero-order valence-electron chi connectivity index (χ0n) is 7.58. The van der Waals surface area contributed by atoms with Gasteiger partial charge in [0.2, 0.25) is 0 Å².